The van der Waals surface area contributed by atoms with Crippen molar-refractivity contribution in [2.24, 2.45) is 0 Å². The minimum absolute atomic E-state index is 0. The molecule has 13 heavy (non-hydrogen) atoms. The topological polar surface area (TPSA) is 80.7 Å². The molecular weight excluding hydrogens is 191 g/mol. The Morgan fingerprint density at radius 1 is 1.54 bits per heavy atom. The van der Waals surface area contributed by atoms with Crippen LogP contribution in [0, 0.1) is 0 Å². The van der Waals surface area contributed by atoms with Gasteiger partial charge in [0.1, 0.15) is 12.4 Å². The molecule has 0 rings (SSSR count). The van der Waals surface area contributed by atoms with Crippen molar-refractivity contribution in [3.05, 3.63) is 12.2 Å². The van der Waals surface area contributed by atoms with Crippen LogP contribution in [0.3, 0.4) is 0 Å². The Morgan fingerprint density at radius 3 is 2.31 bits per heavy atom. The molecule has 0 aliphatic heterocycles. The maximum absolute atomic E-state index is 10.6. The van der Waals surface area contributed by atoms with E-state index in [1.54, 1.807) is 0 Å². The number of esters is 1. The van der Waals surface area contributed by atoms with Gasteiger partial charge in [-0.3, -0.25) is 4.55 Å². The van der Waals surface area contributed by atoms with Crippen LogP contribution in [0.4, 0.5) is 0 Å². The molecule has 1 N–H and O–H groups in total. The number of carbonyl (C=O) groups is 1. The zero-order valence-corrected chi connectivity index (χ0v) is 7.43. The van der Waals surface area contributed by atoms with Crippen molar-refractivity contribution in [2.75, 3.05) is 12.4 Å². The summed E-state index contributed by atoms with van der Waals surface area (Å²) in [4.78, 5) is 10.6. The standard InChI is InChI=1S/C6H10O5S.Li.H/c1-5(2)6(7)11-3-4-12(8,9)10;;/h1,3-4H2,2H3,(H,8,9,10);;. The number of ether oxygens (including phenoxy) is 1. The molecule has 0 atom stereocenters. The molecule has 0 amide bonds. The average Bonchev–Trinajstić information content (AvgIpc) is 1.84. The first-order valence-electron chi connectivity index (χ1n) is 3.11. The molecule has 0 aliphatic carbocycles. The van der Waals surface area contributed by atoms with Crippen LogP contribution >= 0.6 is 0 Å². The van der Waals surface area contributed by atoms with Gasteiger partial charge in [0, 0.05) is 5.57 Å². The van der Waals surface area contributed by atoms with Crippen LogP contribution < -0.4 is 0 Å². The van der Waals surface area contributed by atoms with E-state index < -0.39 is 21.8 Å². The normalized spacial score (nSPS) is 10.0. The fraction of sp³-hybridized carbons (Fsp3) is 0.500. The van der Waals surface area contributed by atoms with Gasteiger partial charge in [0.25, 0.3) is 10.1 Å². The van der Waals surface area contributed by atoms with Crippen molar-refractivity contribution < 1.29 is 22.5 Å². The molecule has 0 aliphatic rings. The first kappa shape index (κ1) is 15.2. The van der Waals surface area contributed by atoms with Gasteiger partial charge in [-0.15, -0.1) is 0 Å². The van der Waals surface area contributed by atoms with E-state index in [2.05, 4.69) is 11.3 Å². The van der Waals surface area contributed by atoms with E-state index in [-0.39, 0.29) is 31.0 Å². The van der Waals surface area contributed by atoms with Crippen LogP contribution in [-0.4, -0.2) is 50.2 Å². The molecule has 0 unspecified atom stereocenters. The zero-order valence-electron chi connectivity index (χ0n) is 6.61. The Bertz CT molecular complexity index is 281. The molecule has 7 heteroatoms. The van der Waals surface area contributed by atoms with E-state index in [4.69, 9.17) is 4.55 Å². The predicted octanol–water partition coefficient (Wildman–Crippen LogP) is -0.655. The summed E-state index contributed by atoms with van der Waals surface area (Å²) in [5, 5.41) is 0. The minimum atomic E-state index is -4.05. The Labute approximate surface area is 89.1 Å². The van der Waals surface area contributed by atoms with Gasteiger partial charge in [-0.2, -0.15) is 8.42 Å². The van der Waals surface area contributed by atoms with E-state index in [1.165, 1.54) is 6.92 Å². The molecule has 5 nitrogen and oxygen atoms in total. The summed E-state index contributed by atoms with van der Waals surface area (Å²) in [6, 6.07) is 0. The van der Waals surface area contributed by atoms with E-state index in [0.29, 0.717) is 0 Å². The summed E-state index contributed by atoms with van der Waals surface area (Å²) in [5.74, 6) is -1.26. The summed E-state index contributed by atoms with van der Waals surface area (Å²) >= 11 is 0. The molecule has 0 aromatic heterocycles. The second kappa shape index (κ2) is 6.21. The summed E-state index contributed by atoms with van der Waals surface area (Å²) in [5.41, 5.74) is 0.185. The molecule has 0 spiro atoms. The van der Waals surface area contributed by atoms with Crippen molar-refractivity contribution in [3.63, 3.8) is 0 Å². The van der Waals surface area contributed by atoms with Crippen LogP contribution in [0.2, 0.25) is 0 Å². The quantitative estimate of drug-likeness (QED) is 0.283. The molecule has 0 fully saturated rings. The Balaban J connectivity index is 0. The molecular formula is C6H11LiO5S. The third-order valence-electron chi connectivity index (χ3n) is 0.923. The molecule has 0 saturated carbocycles. The first-order valence-corrected chi connectivity index (χ1v) is 4.71. The fourth-order valence-electron chi connectivity index (χ4n) is 0.363. The first-order chi connectivity index (χ1) is 5.33. The van der Waals surface area contributed by atoms with Crippen molar-refractivity contribution >= 4 is 34.9 Å². The number of carbonyl (C=O) groups excluding carboxylic acids is 1. The zero-order chi connectivity index (χ0) is 9.78. The Morgan fingerprint density at radius 2 is 2.00 bits per heavy atom. The SMILES string of the molecule is C=C(C)C(=O)OCCS(=O)(=O)O.[LiH]. The number of hydrogen-bond acceptors (Lipinski definition) is 4. The maximum atomic E-state index is 10.6. The fourth-order valence-corrected chi connectivity index (χ4v) is 0.657. The van der Waals surface area contributed by atoms with Gasteiger partial charge in [-0.05, 0) is 6.92 Å². The van der Waals surface area contributed by atoms with Crippen LogP contribution in [-0.2, 0) is 19.6 Å². The van der Waals surface area contributed by atoms with Gasteiger partial charge in [0.15, 0.2) is 0 Å². The van der Waals surface area contributed by atoms with E-state index in [9.17, 15) is 13.2 Å². The van der Waals surface area contributed by atoms with Crippen molar-refractivity contribution in [3.8, 4) is 0 Å². The number of hydrogen-bond donors (Lipinski definition) is 1. The Hall–Kier alpha value is -0.283. The molecule has 0 saturated heterocycles. The van der Waals surface area contributed by atoms with Crippen LogP contribution in [0.25, 0.3) is 0 Å². The molecule has 0 bridgehead atoms. The molecule has 0 heterocycles. The van der Waals surface area contributed by atoms with Gasteiger partial charge in [-0.25, -0.2) is 4.79 Å². The van der Waals surface area contributed by atoms with Crippen LogP contribution in [0.5, 0.6) is 0 Å². The van der Waals surface area contributed by atoms with Gasteiger partial charge in [0.05, 0.1) is 0 Å². The average molecular weight is 202 g/mol. The van der Waals surface area contributed by atoms with Gasteiger partial charge in [-0.1, -0.05) is 6.58 Å². The summed E-state index contributed by atoms with van der Waals surface area (Å²) < 4.78 is 32.9. The van der Waals surface area contributed by atoms with Crippen molar-refractivity contribution in [1.29, 1.82) is 0 Å². The third kappa shape index (κ3) is 9.63. The third-order valence-corrected chi connectivity index (χ3v) is 1.61. The second-order valence-electron chi connectivity index (χ2n) is 2.20. The van der Waals surface area contributed by atoms with E-state index >= 15 is 0 Å². The van der Waals surface area contributed by atoms with E-state index in [1.807, 2.05) is 0 Å². The van der Waals surface area contributed by atoms with Crippen molar-refractivity contribution in [2.45, 2.75) is 6.92 Å². The molecule has 0 aromatic carbocycles. The van der Waals surface area contributed by atoms with Crippen LogP contribution in [0.1, 0.15) is 6.92 Å². The summed E-state index contributed by atoms with van der Waals surface area (Å²) in [6.45, 7) is 4.37. The molecule has 0 aromatic rings. The molecule has 72 valence electrons. The van der Waals surface area contributed by atoms with Crippen LogP contribution in [0.15, 0.2) is 12.2 Å². The predicted molar refractivity (Wildman–Crippen MR) is 49.3 cm³/mol. The Kier molecular flexibility index (Phi) is 7.27. The van der Waals surface area contributed by atoms with Gasteiger partial charge in [0.2, 0.25) is 0 Å². The second-order valence-corrected chi connectivity index (χ2v) is 3.77. The van der Waals surface area contributed by atoms with Gasteiger partial charge >= 0.3 is 24.8 Å². The van der Waals surface area contributed by atoms with Gasteiger partial charge < -0.3 is 4.74 Å². The van der Waals surface area contributed by atoms with E-state index in [0.717, 1.165) is 0 Å². The van der Waals surface area contributed by atoms with Crippen molar-refractivity contribution in [1.82, 2.24) is 0 Å². The summed E-state index contributed by atoms with van der Waals surface area (Å²) in [7, 11) is -4.05. The summed E-state index contributed by atoms with van der Waals surface area (Å²) in [6.07, 6.45) is 0. The number of rotatable bonds is 4. The monoisotopic (exact) mass is 202 g/mol. The molecule has 0 radical (unpaired) electrons.